The van der Waals surface area contributed by atoms with Crippen LogP contribution in [0.5, 0.6) is 0 Å². The van der Waals surface area contributed by atoms with E-state index in [1.807, 2.05) is 60.7 Å². The molecule has 1 saturated heterocycles. The highest BCUT2D eigenvalue weighted by Crippen LogP contribution is 2.17. The molecule has 3 atom stereocenters. The molecule has 3 N–H and O–H groups in total. The van der Waals surface area contributed by atoms with Crippen molar-refractivity contribution in [3.05, 3.63) is 71.8 Å². The van der Waals surface area contributed by atoms with Crippen molar-refractivity contribution in [3.63, 3.8) is 0 Å². The number of unbranched alkanes of at least 4 members (excludes halogenated alkanes) is 13. The summed E-state index contributed by atoms with van der Waals surface area (Å²) < 4.78 is 5.51. The zero-order valence-corrected chi connectivity index (χ0v) is 37.1. The van der Waals surface area contributed by atoms with E-state index in [-0.39, 0.29) is 47.7 Å². The summed E-state index contributed by atoms with van der Waals surface area (Å²) in [6, 6.07) is 17.8. The molecule has 2 aromatic rings. The van der Waals surface area contributed by atoms with Gasteiger partial charge in [-0.3, -0.25) is 28.9 Å². The second-order valence-corrected chi connectivity index (χ2v) is 15.6. The molecule has 3 rings (SSSR count). The molecule has 58 heavy (non-hydrogen) atoms. The van der Waals surface area contributed by atoms with Gasteiger partial charge in [0.05, 0.1) is 6.42 Å². The lowest BCUT2D eigenvalue weighted by molar-refractivity contribution is -0.192. The van der Waals surface area contributed by atoms with Gasteiger partial charge in [0.15, 0.2) is 0 Å². The summed E-state index contributed by atoms with van der Waals surface area (Å²) in [5, 5.41) is 5.64. The minimum atomic E-state index is -0.866. The summed E-state index contributed by atoms with van der Waals surface area (Å²) in [5.74, 6) is -1.28. The number of rotatable bonds is 30. The molecule has 1 heterocycles. The van der Waals surface area contributed by atoms with Crippen molar-refractivity contribution in [1.82, 2.24) is 15.4 Å². The minimum absolute atomic E-state index is 0. The topological polar surface area (TPSA) is 140 Å². The number of nitrogens with zero attached hydrogens (tertiary/aromatic N) is 2. The van der Waals surface area contributed by atoms with Crippen molar-refractivity contribution < 1.29 is 33.6 Å². The van der Waals surface area contributed by atoms with E-state index in [0.717, 1.165) is 43.2 Å². The fourth-order valence-electron chi connectivity index (χ4n) is 6.99. The third-order valence-electron chi connectivity index (χ3n) is 10.4. The molecule has 12 heteroatoms. The van der Waals surface area contributed by atoms with E-state index < -0.39 is 24.2 Å². The van der Waals surface area contributed by atoms with Crippen LogP contribution in [0.25, 0.3) is 0 Å². The van der Waals surface area contributed by atoms with Crippen molar-refractivity contribution in [1.29, 1.82) is 0 Å². The van der Waals surface area contributed by atoms with E-state index in [1.54, 1.807) is 6.92 Å². The third-order valence-corrected chi connectivity index (χ3v) is 10.4. The predicted molar refractivity (Wildman–Crippen MR) is 234 cm³/mol. The van der Waals surface area contributed by atoms with Gasteiger partial charge in [0.1, 0.15) is 31.4 Å². The Labute approximate surface area is 359 Å². The Hall–Kier alpha value is -3.32. The molecule has 0 spiro atoms. The maximum atomic E-state index is 13.2. The Bertz CT molecular complexity index is 1400. The lowest BCUT2D eigenvalue weighted by atomic mass is 10.0. The highest BCUT2D eigenvalue weighted by atomic mass is 79.9. The van der Waals surface area contributed by atoms with Crippen LogP contribution < -0.4 is 11.1 Å². The number of nitrogens with one attached hydrogen (secondary N) is 1. The van der Waals surface area contributed by atoms with Gasteiger partial charge in [0.25, 0.3) is 5.91 Å². The highest BCUT2D eigenvalue weighted by Gasteiger charge is 2.30. The quantitative estimate of drug-likeness (QED) is 0.0450. The van der Waals surface area contributed by atoms with Crippen LogP contribution in [0, 0.1) is 0 Å². The first kappa shape index (κ1) is 50.8. The van der Waals surface area contributed by atoms with E-state index >= 15 is 0 Å². The number of hydrogen-bond donors (Lipinski definition) is 2. The lowest BCUT2D eigenvalue weighted by Gasteiger charge is -2.24. The van der Waals surface area contributed by atoms with E-state index in [9.17, 15) is 19.2 Å². The molecule has 0 aromatic heterocycles. The zero-order valence-electron chi connectivity index (χ0n) is 35.4. The number of halogens is 1. The Kier molecular flexibility index (Phi) is 27.7. The maximum absolute atomic E-state index is 13.2. The highest BCUT2D eigenvalue weighted by molar-refractivity contribution is 8.93. The van der Waals surface area contributed by atoms with Gasteiger partial charge >= 0.3 is 5.97 Å². The summed E-state index contributed by atoms with van der Waals surface area (Å²) in [7, 11) is 0. The number of benzene rings is 2. The molecular formula is C46H73BrN4O7. The SMILES string of the molecule is Br.CCCCCCCCCCCCCCCC(=O)N(CCCC[C@H](N)C(=O)O[C@H](C)CC(=O)N[C@H]1CCCCN(OCc2ccccc2)C1=O)OCc1ccccc1. The summed E-state index contributed by atoms with van der Waals surface area (Å²) in [6.07, 6.45) is 19.5. The van der Waals surface area contributed by atoms with Crippen molar-refractivity contribution in [2.45, 2.75) is 180 Å². The van der Waals surface area contributed by atoms with Crippen LogP contribution in [0.1, 0.15) is 160 Å². The van der Waals surface area contributed by atoms with Gasteiger partial charge < -0.3 is 15.8 Å². The Morgan fingerprint density at radius 2 is 1.36 bits per heavy atom. The van der Waals surface area contributed by atoms with Crippen molar-refractivity contribution in [2.75, 3.05) is 13.1 Å². The minimum Gasteiger partial charge on any atom is -0.461 e. The average Bonchev–Trinajstić information content (AvgIpc) is 3.38. The first-order valence-corrected chi connectivity index (χ1v) is 22.0. The van der Waals surface area contributed by atoms with E-state index in [2.05, 4.69) is 12.2 Å². The molecule has 2 aromatic carbocycles. The van der Waals surface area contributed by atoms with E-state index in [4.69, 9.17) is 20.1 Å². The molecule has 1 fully saturated rings. The van der Waals surface area contributed by atoms with Gasteiger partial charge in [-0.25, -0.2) is 10.1 Å². The first-order chi connectivity index (χ1) is 27.8. The van der Waals surface area contributed by atoms with Crippen LogP contribution >= 0.6 is 17.0 Å². The van der Waals surface area contributed by atoms with Crippen molar-refractivity contribution in [2.24, 2.45) is 5.73 Å². The summed E-state index contributed by atoms with van der Waals surface area (Å²) in [5.41, 5.74) is 8.12. The number of carbonyl (C=O) groups is 4. The van der Waals surface area contributed by atoms with Crippen LogP contribution in [-0.4, -0.2) is 65.1 Å². The van der Waals surface area contributed by atoms with Crippen LogP contribution in [0.4, 0.5) is 0 Å². The van der Waals surface area contributed by atoms with Crippen LogP contribution in [-0.2, 0) is 46.8 Å². The van der Waals surface area contributed by atoms with Gasteiger partial charge in [0, 0.05) is 19.5 Å². The van der Waals surface area contributed by atoms with Crippen LogP contribution in [0.2, 0.25) is 0 Å². The van der Waals surface area contributed by atoms with Crippen molar-refractivity contribution in [3.8, 4) is 0 Å². The standard InChI is InChI=1S/C46H72N4O7.BrH/c1-3-4-5-6-7-8-9-10-11-12-13-14-21-32-44(52)49(55-36-39-26-17-15-18-27-39)33-24-22-30-41(47)46(54)57-38(2)35-43(51)48-42-31-23-25-34-50(45(42)53)56-37-40-28-19-16-20-29-40;/h15-20,26-29,38,41-42H,3-14,21-25,30-37,47H2,1-2H3,(H,48,51);1H/t38-,41+,42+;/m1./s1. The van der Waals surface area contributed by atoms with Crippen molar-refractivity contribution >= 4 is 40.7 Å². The first-order valence-electron chi connectivity index (χ1n) is 22.0. The molecule has 0 bridgehead atoms. The molecule has 0 aliphatic carbocycles. The summed E-state index contributed by atoms with van der Waals surface area (Å²) in [6.45, 7) is 5.32. The van der Waals surface area contributed by atoms with Crippen LogP contribution in [0.3, 0.4) is 0 Å². The number of esters is 1. The summed E-state index contributed by atoms with van der Waals surface area (Å²) in [4.78, 5) is 63.9. The van der Waals surface area contributed by atoms with Gasteiger partial charge in [-0.15, -0.1) is 17.0 Å². The average molecular weight is 874 g/mol. The smallest absolute Gasteiger partial charge is 0.323 e. The van der Waals surface area contributed by atoms with Gasteiger partial charge in [-0.2, -0.15) is 0 Å². The van der Waals surface area contributed by atoms with Gasteiger partial charge in [-0.1, -0.05) is 145 Å². The Morgan fingerprint density at radius 1 is 0.793 bits per heavy atom. The zero-order chi connectivity index (χ0) is 40.9. The number of nitrogens with two attached hydrogens (primary N) is 1. The maximum Gasteiger partial charge on any atom is 0.323 e. The molecule has 0 saturated carbocycles. The number of amides is 3. The Balaban J connectivity index is 0.0000116. The van der Waals surface area contributed by atoms with E-state index in [0.29, 0.717) is 51.8 Å². The molecule has 0 radical (unpaired) electrons. The molecule has 1 aliphatic rings. The number of carbonyl (C=O) groups excluding carboxylic acids is 4. The third kappa shape index (κ3) is 22.2. The molecule has 326 valence electrons. The second kappa shape index (κ2) is 31.6. The monoisotopic (exact) mass is 872 g/mol. The molecule has 3 amide bonds. The fraction of sp³-hybridized carbons (Fsp3) is 0.652. The molecule has 0 unspecified atom stereocenters. The largest absolute Gasteiger partial charge is 0.461 e. The molecule has 1 aliphatic heterocycles. The predicted octanol–water partition coefficient (Wildman–Crippen LogP) is 9.45. The Morgan fingerprint density at radius 3 is 1.97 bits per heavy atom. The number of hydrogen-bond acceptors (Lipinski definition) is 8. The van der Waals surface area contributed by atoms with Crippen LogP contribution in [0.15, 0.2) is 60.7 Å². The molecular weight excluding hydrogens is 800 g/mol. The number of ether oxygens (including phenoxy) is 1. The summed E-state index contributed by atoms with van der Waals surface area (Å²) >= 11 is 0. The van der Waals surface area contributed by atoms with E-state index in [1.165, 1.54) is 74.3 Å². The molecule has 11 nitrogen and oxygen atoms in total. The van der Waals surface area contributed by atoms with Gasteiger partial charge in [0.2, 0.25) is 11.8 Å². The lowest BCUT2D eigenvalue weighted by Crippen LogP contribution is -2.48. The number of hydroxylamine groups is 4. The fourth-order valence-corrected chi connectivity index (χ4v) is 6.99. The normalized spacial score (nSPS) is 15.2. The second-order valence-electron chi connectivity index (χ2n) is 15.6. The van der Waals surface area contributed by atoms with Gasteiger partial charge in [-0.05, 0) is 63.0 Å².